The van der Waals surface area contributed by atoms with Crippen molar-refractivity contribution in [2.75, 3.05) is 11.1 Å². The maximum absolute atomic E-state index is 12.3. The summed E-state index contributed by atoms with van der Waals surface area (Å²) >= 11 is 6.03. The highest BCUT2D eigenvalue weighted by molar-refractivity contribution is 7.91. The van der Waals surface area contributed by atoms with Crippen molar-refractivity contribution in [1.29, 1.82) is 0 Å². The fourth-order valence-corrected chi connectivity index (χ4v) is 3.31. The molecule has 0 bridgehead atoms. The molecular weight excluding hydrogens is 386 g/mol. The number of carbonyl (C=O) groups is 1. The maximum atomic E-state index is 12.3. The van der Waals surface area contributed by atoms with Crippen LogP contribution in [0.25, 0.3) is 11.3 Å². The van der Waals surface area contributed by atoms with E-state index in [9.17, 15) is 13.2 Å². The lowest BCUT2D eigenvalue weighted by Gasteiger charge is -2.08. The first-order valence-corrected chi connectivity index (χ1v) is 10.2. The number of anilines is 1. The van der Waals surface area contributed by atoms with E-state index in [1.807, 2.05) is 0 Å². The zero-order valence-electron chi connectivity index (χ0n) is 14.4. The standard InChI is InChI=1S/C19H16ClN3O3S/c1-2-27(25,26)18-12-11-17(22-23-18)13-7-9-14(10-8-13)21-19(24)15-5-3-4-6-16(15)20/h3-12H,2H2,1H3,(H,21,24). The zero-order valence-corrected chi connectivity index (χ0v) is 16.0. The molecule has 27 heavy (non-hydrogen) atoms. The molecule has 0 radical (unpaired) electrons. The molecule has 138 valence electrons. The number of rotatable bonds is 5. The van der Waals surface area contributed by atoms with Crippen molar-refractivity contribution in [3.8, 4) is 11.3 Å². The van der Waals surface area contributed by atoms with Crippen LogP contribution in [0, 0.1) is 0 Å². The van der Waals surface area contributed by atoms with Crippen molar-refractivity contribution in [3.63, 3.8) is 0 Å². The largest absolute Gasteiger partial charge is 0.322 e. The number of hydrogen-bond donors (Lipinski definition) is 1. The molecule has 6 nitrogen and oxygen atoms in total. The minimum absolute atomic E-state index is 0.0269. The molecule has 0 saturated heterocycles. The van der Waals surface area contributed by atoms with Gasteiger partial charge in [0.2, 0.25) is 0 Å². The van der Waals surface area contributed by atoms with Crippen molar-refractivity contribution < 1.29 is 13.2 Å². The molecule has 0 aliphatic carbocycles. The lowest BCUT2D eigenvalue weighted by atomic mass is 10.1. The van der Waals surface area contributed by atoms with Crippen molar-refractivity contribution >= 4 is 33.0 Å². The van der Waals surface area contributed by atoms with E-state index in [1.165, 1.54) is 6.07 Å². The Morgan fingerprint density at radius 3 is 2.30 bits per heavy atom. The Morgan fingerprint density at radius 1 is 1.00 bits per heavy atom. The van der Waals surface area contributed by atoms with Gasteiger partial charge in [-0.3, -0.25) is 4.79 Å². The Morgan fingerprint density at radius 2 is 1.70 bits per heavy atom. The molecule has 0 spiro atoms. The van der Waals surface area contributed by atoms with Crippen molar-refractivity contribution in [2.24, 2.45) is 0 Å². The van der Waals surface area contributed by atoms with Crippen LogP contribution in [0.3, 0.4) is 0 Å². The van der Waals surface area contributed by atoms with Crippen LogP contribution < -0.4 is 5.32 Å². The Bertz CT molecular complexity index is 1070. The summed E-state index contributed by atoms with van der Waals surface area (Å²) in [5, 5.41) is 10.9. The molecule has 3 aromatic rings. The second-order valence-corrected chi connectivity index (χ2v) is 8.30. The minimum Gasteiger partial charge on any atom is -0.322 e. The van der Waals surface area contributed by atoms with E-state index < -0.39 is 9.84 Å². The molecule has 0 aliphatic rings. The molecule has 8 heteroatoms. The van der Waals surface area contributed by atoms with Crippen LogP contribution in [0.1, 0.15) is 17.3 Å². The molecule has 3 rings (SSSR count). The number of sulfone groups is 1. The third-order valence-electron chi connectivity index (χ3n) is 3.90. The highest BCUT2D eigenvalue weighted by Gasteiger charge is 2.14. The van der Waals surface area contributed by atoms with Crippen molar-refractivity contribution in [1.82, 2.24) is 10.2 Å². The fourth-order valence-electron chi connectivity index (χ4n) is 2.36. The van der Waals surface area contributed by atoms with Gasteiger partial charge in [0.05, 0.1) is 22.0 Å². The van der Waals surface area contributed by atoms with E-state index in [0.29, 0.717) is 22.0 Å². The third kappa shape index (κ3) is 4.32. The smallest absolute Gasteiger partial charge is 0.257 e. The number of nitrogens with one attached hydrogen (secondary N) is 1. The number of amides is 1. The monoisotopic (exact) mass is 401 g/mol. The molecular formula is C19H16ClN3O3S. The normalized spacial score (nSPS) is 11.2. The van der Waals surface area contributed by atoms with Gasteiger partial charge in [-0.15, -0.1) is 10.2 Å². The molecule has 1 aromatic heterocycles. The number of nitrogens with zero attached hydrogens (tertiary/aromatic N) is 2. The quantitative estimate of drug-likeness (QED) is 0.701. The highest BCUT2D eigenvalue weighted by Crippen LogP contribution is 2.21. The van der Waals surface area contributed by atoms with Gasteiger partial charge in [0.1, 0.15) is 0 Å². The van der Waals surface area contributed by atoms with Crippen LogP contribution in [0.2, 0.25) is 5.02 Å². The summed E-state index contributed by atoms with van der Waals surface area (Å²) in [4.78, 5) is 12.3. The Hall–Kier alpha value is -2.77. The fraction of sp³-hybridized carbons (Fsp3) is 0.105. The second kappa shape index (κ2) is 7.85. The van der Waals surface area contributed by atoms with Crippen LogP contribution in [0.4, 0.5) is 5.69 Å². The van der Waals surface area contributed by atoms with Gasteiger partial charge in [-0.25, -0.2) is 8.42 Å². The number of halogens is 1. The third-order valence-corrected chi connectivity index (χ3v) is 5.84. The lowest BCUT2D eigenvalue weighted by Crippen LogP contribution is -2.12. The lowest BCUT2D eigenvalue weighted by molar-refractivity contribution is 0.102. The topological polar surface area (TPSA) is 89.0 Å². The van der Waals surface area contributed by atoms with Crippen molar-refractivity contribution in [3.05, 3.63) is 71.2 Å². The van der Waals surface area contributed by atoms with Crippen molar-refractivity contribution in [2.45, 2.75) is 11.9 Å². The first-order valence-electron chi connectivity index (χ1n) is 8.13. The summed E-state index contributed by atoms with van der Waals surface area (Å²) in [6, 6.07) is 16.8. The van der Waals surface area contributed by atoms with Gasteiger partial charge in [0.15, 0.2) is 14.9 Å². The Balaban J connectivity index is 1.76. The van der Waals surface area contributed by atoms with Gasteiger partial charge in [-0.05, 0) is 36.4 Å². The summed E-state index contributed by atoms with van der Waals surface area (Å²) in [5.74, 6) is -0.330. The van der Waals surface area contributed by atoms with E-state index in [4.69, 9.17) is 11.6 Å². The van der Waals surface area contributed by atoms with Crippen LogP contribution in [-0.4, -0.2) is 30.3 Å². The average Bonchev–Trinajstić information content (AvgIpc) is 2.69. The molecule has 0 saturated carbocycles. The number of carbonyl (C=O) groups excluding carboxylic acids is 1. The van der Waals surface area contributed by atoms with Crippen LogP contribution in [0.5, 0.6) is 0 Å². The van der Waals surface area contributed by atoms with E-state index in [2.05, 4.69) is 15.5 Å². The second-order valence-electron chi connectivity index (χ2n) is 5.67. The van der Waals surface area contributed by atoms with E-state index in [1.54, 1.807) is 61.5 Å². The zero-order chi connectivity index (χ0) is 19.4. The first kappa shape index (κ1) is 19.0. The number of benzene rings is 2. The summed E-state index contributed by atoms with van der Waals surface area (Å²) in [7, 11) is -3.38. The summed E-state index contributed by atoms with van der Waals surface area (Å²) in [6.45, 7) is 1.56. The molecule has 0 unspecified atom stereocenters. The molecule has 0 atom stereocenters. The summed E-state index contributed by atoms with van der Waals surface area (Å²) in [6.07, 6.45) is 0. The van der Waals surface area contributed by atoms with E-state index >= 15 is 0 Å². The van der Waals surface area contributed by atoms with Gasteiger partial charge >= 0.3 is 0 Å². The number of hydrogen-bond acceptors (Lipinski definition) is 5. The predicted octanol–water partition coefficient (Wildman–Crippen LogP) is 3.84. The Kier molecular flexibility index (Phi) is 5.53. The van der Waals surface area contributed by atoms with Gasteiger partial charge in [0.25, 0.3) is 5.91 Å². The van der Waals surface area contributed by atoms with Gasteiger partial charge in [-0.2, -0.15) is 0 Å². The predicted molar refractivity (Wildman–Crippen MR) is 105 cm³/mol. The Labute approximate surface area is 162 Å². The van der Waals surface area contributed by atoms with Gasteiger partial charge in [-0.1, -0.05) is 42.8 Å². The van der Waals surface area contributed by atoms with Crippen LogP contribution in [-0.2, 0) is 9.84 Å². The summed E-state index contributed by atoms with van der Waals surface area (Å²) in [5.41, 5.74) is 2.27. The average molecular weight is 402 g/mol. The first-order chi connectivity index (χ1) is 12.9. The highest BCUT2D eigenvalue weighted by atomic mass is 35.5. The van der Waals surface area contributed by atoms with Gasteiger partial charge in [0, 0.05) is 11.3 Å². The van der Waals surface area contributed by atoms with E-state index in [0.717, 1.165) is 5.56 Å². The molecule has 1 amide bonds. The van der Waals surface area contributed by atoms with Gasteiger partial charge < -0.3 is 5.32 Å². The number of aromatic nitrogens is 2. The minimum atomic E-state index is -3.38. The van der Waals surface area contributed by atoms with E-state index in [-0.39, 0.29) is 16.7 Å². The molecule has 0 aliphatic heterocycles. The molecule has 1 heterocycles. The van der Waals surface area contributed by atoms with Crippen LogP contribution >= 0.6 is 11.6 Å². The SMILES string of the molecule is CCS(=O)(=O)c1ccc(-c2ccc(NC(=O)c3ccccc3Cl)cc2)nn1. The maximum Gasteiger partial charge on any atom is 0.257 e. The molecule has 2 aromatic carbocycles. The summed E-state index contributed by atoms with van der Waals surface area (Å²) < 4.78 is 23.6. The molecule has 1 N–H and O–H groups in total. The molecule has 0 fully saturated rings. The van der Waals surface area contributed by atoms with Crippen LogP contribution in [0.15, 0.2) is 65.7 Å².